The van der Waals surface area contributed by atoms with Crippen LogP contribution in [0.4, 0.5) is 0 Å². The Morgan fingerprint density at radius 3 is 1.34 bits per heavy atom. The van der Waals surface area contributed by atoms with Gasteiger partial charge in [0.25, 0.3) is 6.47 Å². The first-order valence-electron chi connectivity index (χ1n) is 14.0. The van der Waals surface area contributed by atoms with Crippen molar-refractivity contribution in [2.75, 3.05) is 79.0 Å². The predicted molar refractivity (Wildman–Crippen MR) is 156 cm³/mol. The van der Waals surface area contributed by atoms with Gasteiger partial charge in [0.15, 0.2) is 0 Å². The van der Waals surface area contributed by atoms with Crippen LogP contribution in [0.3, 0.4) is 0 Å². The van der Waals surface area contributed by atoms with Gasteiger partial charge in [-0.05, 0) is 13.8 Å². The summed E-state index contributed by atoms with van der Waals surface area (Å²) in [7, 11) is 0. The highest BCUT2D eigenvalue weighted by atomic mass is 16.5. The number of carboxylic acids is 1. The summed E-state index contributed by atoms with van der Waals surface area (Å²) in [5.74, 6) is -4.59. The van der Waals surface area contributed by atoms with E-state index < -0.39 is 42.6 Å². The molecule has 2 unspecified atom stereocenters. The molecule has 44 heavy (non-hydrogen) atoms. The monoisotopic (exact) mass is 630 g/mol. The zero-order chi connectivity index (χ0) is 33.2. The van der Waals surface area contributed by atoms with E-state index in [9.17, 15) is 33.9 Å². The van der Waals surface area contributed by atoms with Crippen molar-refractivity contribution in [1.29, 1.82) is 0 Å². The Morgan fingerprint density at radius 2 is 1.00 bits per heavy atom. The normalized spacial score (nSPS) is 11.9. The maximum atomic E-state index is 12.3. The molecule has 4 amide bonds. The second-order valence-corrected chi connectivity index (χ2v) is 9.35. The summed E-state index contributed by atoms with van der Waals surface area (Å²) in [5, 5.41) is 19.9. The molecule has 16 nitrogen and oxygen atoms in total. The summed E-state index contributed by atoms with van der Waals surface area (Å²) in [6, 6.07) is 0. The Hall–Kier alpha value is -3.86. The van der Waals surface area contributed by atoms with Crippen LogP contribution in [0, 0.1) is 5.92 Å². The SMILES string of the molecule is C=C(C)C(=O)NCCOCCOCCNC(=O)CC(OC=O)C(CC(=O)NCCOCCOCCNC(=O)C(=C)C)C(=O)O. The number of carbonyl (C=O) groups excluding carboxylic acids is 5. The van der Waals surface area contributed by atoms with Crippen molar-refractivity contribution < 1.29 is 57.6 Å². The van der Waals surface area contributed by atoms with Crippen molar-refractivity contribution in [3.63, 3.8) is 0 Å². The summed E-state index contributed by atoms with van der Waals surface area (Å²) >= 11 is 0. The molecule has 0 saturated carbocycles. The summed E-state index contributed by atoms with van der Waals surface area (Å²) in [6.45, 7) is 13.0. The van der Waals surface area contributed by atoms with Crippen LogP contribution < -0.4 is 21.3 Å². The van der Waals surface area contributed by atoms with E-state index in [4.69, 9.17) is 23.7 Å². The lowest BCUT2D eigenvalue weighted by molar-refractivity contribution is -0.154. The molecule has 0 aliphatic heterocycles. The second-order valence-electron chi connectivity index (χ2n) is 9.35. The molecule has 0 aromatic carbocycles. The highest BCUT2D eigenvalue weighted by molar-refractivity contribution is 5.92. The Kier molecular flexibility index (Phi) is 23.4. The molecule has 250 valence electrons. The third kappa shape index (κ3) is 21.8. The van der Waals surface area contributed by atoms with E-state index in [-0.39, 0.29) is 71.0 Å². The Morgan fingerprint density at radius 1 is 0.636 bits per heavy atom. The van der Waals surface area contributed by atoms with Crippen LogP contribution in [0.1, 0.15) is 26.7 Å². The molecule has 0 aliphatic carbocycles. The molecule has 0 heterocycles. The molecule has 5 N–H and O–H groups in total. The van der Waals surface area contributed by atoms with Crippen LogP contribution in [0.2, 0.25) is 0 Å². The highest BCUT2D eigenvalue weighted by Gasteiger charge is 2.33. The molecule has 0 spiro atoms. The van der Waals surface area contributed by atoms with Gasteiger partial charge in [0.1, 0.15) is 12.0 Å². The number of rotatable bonds is 28. The lowest BCUT2D eigenvalue weighted by atomic mass is 9.95. The van der Waals surface area contributed by atoms with Crippen LogP contribution in [-0.2, 0) is 52.5 Å². The zero-order valence-corrected chi connectivity index (χ0v) is 25.5. The molecule has 0 bridgehead atoms. The molecule has 0 fully saturated rings. The number of ether oxygens (including phenoxy) is 5. The molecule has 2 atom stereocenters. The van der Waals surface area contributed by atoms with E-state index in [2.05, 4.69) is 34.4 Å². The fraction of sp³-hybridized carbons (Fsp3) is 0.643. The van der Waals surface area contributed by atoms with E-state index in [1.807, 2.05) is 0 Å². The van der Waals surface area contributed by atoms with Gasteiger partial charge in [0.2, 0.25) is 23.6 Å². The largest absolute Gasteiger partial charge is 0.481 e. The number of nitrogens with one attached hydrogen (secondary N) is 4. The lowest BCUT2D eigenvalue weighted by Crippen LogP contribution is -2.40. The van der Waals surface area contributed by atoms with Crippen LogP contribution in [0.5, 0.6) is 0 Å². The van der Waals surface area contributed by atoms with E-state index >= 15 is 0 Å². The number of aliphatic carboxylic acids is 1. The number of hydrogen-bond acceptors (Lipinski definition) is 11. The van der Waals surface area contributed by atoms with Crippen molar-refractivity contribution in [3.05, 3.63) is 24.3 Å². The third-order valence-corrected chi connectivity index (χ3v) is 5.51. The number of amides is 4. The van der Waals surface area contributed by atoms with Crippen LogP contribution in [0.15, 0.2) is 24.3 Å². The van der Waals surface area contributed by atoms with Crippen LogP contribution >= 0.6 is 0 Å². The number of hydrogen-bond donors (Lipinski definition) is 5. The second kappa shape index (κ2) is 25.6. The first-order valence-corrected chi connectivity index (χ1v) is 14.0. The first kappa shape index (κ1) is 40.1. The van der Waals surface area contributed by atoms with Crippen molar-refractivity contribution >= 4 is 36.1 Å². The smallest absolute Gasteiger partial charge is 0.310 e. The Balaban J connectivity index is 4.18. The number of carbonyl (C=O) groups is 6. The Labute approximate surface area is 257 Å². The van der Waals surface area contributed by atoms with Gasteiger partial charge in [-0.3, -0.25) is 28.8 Å². The predicted octanol–water partition coefficient (Wildman–Crippen LogP) is -1.31. The van der Waals surface area contributed by atoms with Gasteiger partial charge in [-0.15, -0.1) is 0 Å². The molecule has 0 saturated heterocycles. The summed E-state index contributed by atoms with van der Waals surface area (Å²) < 4.78 is 26.1. The zero-order valence-electron chi connectivity index (χ0n) is 25.5. The van der Waals surface area contributed by atoms with Gasteiger partial charge in [0.05, 0.1) is 59.3 Å². The maximum absolute atomic E-state index is 12.3. The standard InChI is InChI=1S/C28H46N4O12/c1-20(2)26(36)31-7-11-42-15-13-40-9-5-29-24(34)17-22(28(38)39)23(44-19-33)18-25(35)30-6-10-41-14-16-43-12-8-32-27(37)21(3)4/h19,22-23H,1,3,5-18H2,2,4H3,(H,29,34)(H,30,35)(H,31,36)(H,32,37)(H,38,39). The Bertz CT molecular complexity index is 944. The summed E-state index contributed by atoms with van der Waals surface area (Å²) in [4.78, 5) is 70.0. The molecule has 0 rings (SSSR count). The minimum absolute atomic E-state index is 0.0310. The van der Waals surface area contributed by atoms with Crippen LogP contribution in [-0.4, -0.2) is 126 Å². The van der Waals surface area contributed by atoms with E-state index in [1.54, 1.807) is 13.8 Å². The fourth-order valence-electron chi connectivity index (χ4n) is 3.21. The summed E-state index contributed by atoms with van der Waals surface area (Å²) in [5.41, 5.74) is 0.806. The average molecular weight is 631 g/mol. The molecule has 16 heteroatoms. The van der Waals surface area contributed by atoms with Gasteiger partial charge < -0.3 is 50.1 Å². The fourth-order valence-corrected chi connectivity index (χ4v) is 3.21. The molecule has 0 aliphatic rings. The highest BCUT2D eigenvalue weighted by Crippen LogP contribution is 2.16. The molecule has 0 aromatic heterocycles. The lowest BCUT2D eigenvalue weighted by Gasteiger charge is -2.21. The molecular formula is C28H46N4O12. The summed E-state index contributed by atoms with van der Waals surface area (Å²) in [6.07, 6.45) is -2.37. The van der Waals surface area contributed by atoms with E-state index in [0.717, 1.165) is 0 Å². The van der Waals surface area contributed by atoms with Gasteiger partial charge in [-0.1, -0.05) is 13.2 Å². The van der Waals surface area contributed by atoms with Crippen molar-refractivity contribution in [2.45, 2.75) is 32.8 Å². The van der Waals surface area contributed by atoms with Gasteiger partial charge in [-0.2, -0.15) is 0 Å². The molecule has 0 aromatic rings. The van der Waals surface area contributed by atoms with Gasteiger partial charge in [0, 0.05) is 43.7 Å². The third-order valence-electron chi connectivity index (χ3n) is 5.51. The van der Waals surface area contributed by atoms with Crippen molar-refractivity contribution in [3.8, 4) is 0 Å². The van der Waals surface area contributed by atoms with Crippen molar-refractivity contribution in [2.24, 2.45) is 5.92 Å². The van der Waals surface area contributed by atoms with Crippen LogP contribution in [0.25, 0.3) is 0 Å². The maximum Gasteiger partial charge on any atom is 0.310 e. The average Bonchev–Trinajstić information content (AvgIpc) is 2.96. The quantitative estimate of drug-likeness (QED) is 0.0387. The topological polar surface area (TPSA) is 217 Å². The molecule has 0 radical (unpaired) electrons. The minimum Gasteiger partial charge on any atom is -0.481 e. The van der Waals surface area contributed by atoms with E-state index in [1.165, 1.54) is 0 Å². The first-order chi connectivity index (χ1) is 21.0. The number of carboxylic acid groups (broad SMARTS) is 1. The van der Waals surface area contributed by atoms with Gasteiger partial charge >= 0.3 is 5.97 Å². The molecular weight excluding hydrogens is 584 g/mol. The minimum atomic E-state index is -1.46. The van der Waals surface area contributed by atoms with Gasteiger partial charge in [-0.25, -0.2) is 0 Å². The van der Waals surface area contributed by atoms with E-state index in [0.29, 0.717) is 37.4 Å². The van der Waals surface area contributed by atoms with Crippen molar-refractivity contribution in [1.82, 2.24) is 21.3 Å².